The number of rotatable bonds is 0. The third kappa shape index (κ3) is 0.652. The molecule has 1 aliphatic heterocycles. The molecule has 10 heavy (non-hydrogen) atoms. The van der Waals surface area contributed by atoms with E-state index in [-0.39, 0.29) is 0 Å². The van der Waals surface area contributed by atoms with Gasteiger partial charge in [0.25, 0.3) is 0 Å². The molecule has 0 radical (unpaired) electrons. The fourth-order valence-corrected chi connectivity index (χ4v) is 3.08. The second kappa shape index (κ2) is 1.83. The summed E-state index contributed by atoms with van der Waals surface area (Å²) in [6, 6.07) is 0. The van der Waals surface area contributed by atoms with Crippen LogP contribution in [-0.2, 0) is 0 Å². The summed E-state index contributed by atoms with van der Waals surface area (Å²) < 4.78 is 62.6. The fourth-order valence-electron chi connectivity index (χ4n) is 0.489. The average molecular weight is 269 g/mol. The first kappa shape index (κ1) is 8.22. The van der Waals surface area contributed by atoms with Crippen LogP contribution in [0.25, 0.3) is 0 Å². The molecule has 0 N–H and O–H groups in total. The Labute approximate surface area is 56.9 Å². The molecule has 0 atom stereocenters. The molecule has 7 heteroatoms. The van der Waals surface area contributed by atoms with Gasteiger partial charge in [-0.15, -0.1) is 0 Å². The van der Waals surface area contributed by atoms with Gasteiger partial charge in [-0.1, -0.05) is 0 Å². The molecule has 58 valence electrons. The minimum atomic E-state index is -7.05. The van der Waals surface area contributed by atoms with Gasteiger partial charge in [-0.05, 0) is 0 Å². The van der Waals surface area contributed by atoms with Crippen molar-refractivity contribution in [2.45, 2.75) is 3.94 Å². The van der Waals surface area contributed by atoms with E-state index >= 15 is 0 Å². The zero-order chi connectivity index (χ0) is 8.15. The second-order valence-corrected chi connectivity index (χ2v) is 8.10. The summed E-state index contributed by atoms with van der Waals surface area (Å²) in [6.07, 6.45) is 0. The molecule has 1 heterocycles. The Morgan fingerprint density at radius 2 is 1.50 bits per heavy atom. The van der Waals surface area contributed by atoms with Crippen LogP contribution >= 0.6 is 0 Å². The van der Waals surface area contributed by atoms with Gasteiger partial charge in [0.05, 0.1) is 0 Å². The van der Waals surface area contributed by atoms with E-state index in [9.17, 15) is 23.3 Å². The molecule has 0 fully saturated rings. The van der Waals surface area contributed by atoms with E-state index in [1.54, 1.807) is 0 Å². The van der Waals surface area contributed by atoms with E-state index in [0.717, 1.165) is 0 Å². The van der Waals surface area contributed by atoms with Crippen molar-refractivity contribution in [2.24, 2.45) is 0 Å². The molecule has 0 aliphatic carbocycles. The molecule has 0 nitrogen and oxygen atoms in total. The van der Waals surface area contributed by atoms with Crippen LogP contribution in [0.5, 0.6) is 0 Å². The van der Waals surface area contributed by atoms with Gasteiger partial charge in [0.1, 0.15) is 0 Å². The van der Waals surface area contributed by atoms with Crippen molar-refractivity contribution in [1.82, 2.24) is 0 Å². The maximum absolute atomic E-state index is 11.7. The van der Waals surface area contributed by atoms with Crippen LogP contribution < -0.4 is 0 Å². The molecular formula is C3F6Sn. The molecule has 0 saturated carbocycles. The molecule has 0 aromatic carbocycles. The van der Waals surface area contributed by atoms with Crippen LogP contribution in [0.15, 0.2) is 9.67 Å². The van der Waals surface area contributed by atoms with Crippen LogP contribution in [0.1, 0.15) is 0 Å². The van der Waals surface area contributed by atoms with E-state index < -0.39 is 33.1 Å². The Morgan fingerprint density at radius 3 is 1.60 bits per heavy atom. The second-order valence-electron chi connectivity index (χ2n) is 1.78. The fraction of sp³-hybridized carbons (Fsp3) is 0.333. The van der Waals surface area contributed by atoms with Gasteiger partial charge >= 0.3 is 56.4 Å². The summed E-state index contributed by atoms with van der Waals surface area (Å²) in [5.41, 5.74) is 0. The molecule has 1 aliphatic rings. The van der Waals surface area contributed by atoms with Crippen LogP contribution in [0.3, 0.4) is 0 Å². The zero-order valence-corrected chi connectivity index (χ0v) is 7.12. The van der Waals surface area contributed by atoms with Gasteiger partial charge < -0.3 is 0 Å². The van der Waals surface area contributed by atoms with Crippen molar-refractivity contribution < 1.29 is 23.3 Å². The SMILES string of the molecule is FC1=[C](F)[Sn]([F])([F])[C]1(F)F. The Hall–Kier alpha value is 0.119. The molecule has 0 aromatic rings. The van der Waals surface area contributed by atoms with Crippen LogP contribution in [0.2, 0.25) is 0 Å². The third-order valence-corrected chi connectivity index (χ3v) is 6.22. The number of allylic oxidation sites excluding steroid dienone is 1. The van der Waals surface area contributed by atoms with E-state index in [1.807, 2.05) is 0 Å². The average Bonchev–Trinajstić information content (AvgIpc) is 1.84. The van der Waals surface area contributed by atoms with Crippen molar-refractivity contribution in [3.63, 3.8) is 0 Å². The number of hydrogen-bond donors (Lipinski definition) is 0. The molecule has 0 amide bonds. The predicted molar refractivity (Wildman–Crippen MR) is 22.2 cm³/mol. The Morgan fingerprint density at radius 1 is 1.10 bits per heavy atom. The molecule has 0 spiro atoms. The quantitative estimate of drug-likeness (QED) is 0.467. The Balaban J connectivity index is 3.10. The van der Waals surface area contributed by atoms with Crippen LogP contribution in [0.4, 0.5) is 23.3 Å². The molecule has 0 saturated heterocycles. The van der Waals surface area contributed by atoms with Crippen molar-refractivity contribution in [2.75, 3.05) is 0 Å². The van der Waals surface area contributed by atoms with Crippen molar-refractivity contribution in [3.05, 3.63) is 9.67 Å². The van der Waals surface area contributed by atoms with Crippen molar-refractivity contribution in [1.29, 1.82) is 0 Å². The molecule has 1 rings (SSSR count). The van der Waals surface area contributed by atoms with E-state index in [0.29, 0.717) is 0 Å². The van der Waals surface area contributed by atoms with E-state index in [1.165, 1.54) is 0 Å². The zero-order valence-electron chi connectivity index (χ0n) is 4.27. The van der Waals surface area contributed by atoms with Gasteiger partial charge in [0, 0.05) is 0 Å². The van der Waals surface area contributed by atoms with Crippen molar-refractivity contribution >= 4 is 19.5 Å². The predicted octanol–water partition coefficient (Wildman–Crippen LogP) is 2.25. The summed E-state index contributed by atoms with van der Waals surface area (Å²) in [6.45, 7) is 0. The third-order valence-electron chi connectivity index (χ3n) is 1.14. The van der Waals surface area contributed by atoms with Gasteiger partial charge in [0.2, 0.25) is 0 Å². The van der Waals surface area contributed by atoms with Gasteiger partial charge in [0.15, 0.2) is 0 Å². The van der Waals surface area contributed by atoms with E-state index in [4.69, 9.17) is 0 Å². The molecule has 0 aromatic heterocycles. The minimum absolute atomic E-state index is 2.46. The number of hydrogen-bond acceptors (Lipinski definition) is 0. The monoisotopic (exact) mass is 270 g/mol. The normalized spacial score (nSPS) is 28.2. The first-order chi connectivity index (χ1) is 4.32. The summed E-state index contributed by atoms with van der Waals surface area (Å²) in [5.74, 6) is -2.58. The summed E-state index contributed by atoms with van der Waals surface area (Å²) in [4.78, 5) is 0. The standard InChI is InChI=1S/C3F4.2FH.Sn/c4-1-2(5)3(6)7;;;/h;2*1H;/q;;;+2/p-2. The number of alkyl halides is 2. The Bertz CT molecular complexity index is 183. The first-order valence-corrected chi connectivity index (χ1v) is 7.15. The summed E-state index contributed by atoms with van der Waals surface area (Å²) in [5, 5.41) is 0. The van der Waals surface area contributed by atoms with Gasteiger partial charge in [-0.2, -0.15) is 0 Å². The Kier molecular flexibility index (Phi) is 1.50. The maximum atomic E-state index is 11.7. The summed E-state index contributed by atoms with van der Waals surface area (Å²) >= 11 is -7.05. The van der Waals surface area contributed by atoms with E-state index in [2.05, 4.69) is 0 Å². The molecule has 0 unspecified atom stereocenters. The van der Waals surface area contributed by atoms with Gasteiger partial charge in [-0.3, -0.25) is 0 Å². The first-order valence-electron chi connectivity index (χ1n) is 2.13. The topological polar surface area (TPSA) is 0 Å². The summed E-state index contributed by atoms with van der Waals surface area (Å²) in [7, 11) is 0. The number of halogens is 6. The van der Waals surface area contributed by atoms with Crippen LogP contribution in [0, 0.1) is 0 Å². The molecular weight excluding hydrogens is 269 g/mol. The molecule has 0 bridgehead atoms. The van der Waals surface area contributed by atoms with Crippen molar-refractivity contribution in [3.8, 4) is 0 Å². The van der Waals surface area contributed by atoms with Gasteiger partial charge in [-0.25, -0.2) is 0 Å². The van der Waals surface area contributed by atoms with Crippen LogP contribution in [-0.4, -0.2) is 23.5 Å².